The van der Waals surface area contributed by atoms with Crippen molar-refractivity contribution < 1.29 is 28.0 Å². The number of hydrogen-bond acceptors (Lipinski definition) is 3. The van der Waals surface area contributed by atoms with Crippen molar-refractivity contribution in [1.82, 2.24) is 4.57 Å². The second-order valence-corrected chi connectivity index (χ2v) is 9.22. The Morgan fingerprint density at radius 2 is 1.88 bits per heavy atom. The molecule has 0 bridgehead atoms. The van der Waals surface area contributed by atoms with Gasteiger partial charge in [-0.25, -0.2) is 22.7 Å². The largest absolute Gasteiger partial charge is 0.459 e. The summed E-state index contributed by atoms with van der Waals surface area (Å²) in [4.78, 5) is 13.1. The molecule has 3 aromatic rings. The van der Waals surface area contributed by atoms with Gasteiger partial charge in [-0.15, -0.1) is 0 Å². The Bertz CT molecular complexity index is 1130. The number of aliphatic hydroxyl groups is 1. The fourth-order valence-corrected chi connectivity index (χ4v) is 4.70. The number of alkyl halides is 2. The first-order valence-corrected chi connectivity index (χ1v) is 11.6. The Morgan fingerprint density at radius 3 is 2.53 bits per heavy atom. The number of rotatable bonds is 8. The Hall–Kier alpha value is -3.06. The smallest absolute Gasteiger partial charge is 0.343 e. The van der Waals surface area contributed by atoms with E-state index in [0.717, 1.165) is 12.4 Å². The van der Waals surface area contributed by atoms with Gasteiger partial charge in [-0.3, -0.25) is 0 Å². The summed E-state index contributed by atoms with van der Waals surface area (Å²) in [6, 6.07) is 16.6. The lowest BCUT2D eigenvalue weighted by Crippen LogP contribution is -2.44. The van der Waals surface area contributed by atoms with Crippen molar-refractivity contribution in [3.8, 4) is 0 Å². The van der Waals surface area contributed by atoms with Crippen molar-refractivity contribution >= 4 is 5.97 Å². The van der Waals surface area contributed by atoms with Crippen LogP contribution in [-0.4, -0.2) is 28.2 Å². The van der Waals surface area contributed by atoms with Crippen LogP contribution in [0.3, 0.4) is 0 Å². The first-order valence-electron chi connectivity index (χ1n) is 11.6. The van der Waals surface area contributed by atoms with Crippen LogP contribution in [0.15, 0.2) is 67.0 Å². The van der Waals surface area contributed by atoms with E-state index < -0.39 is 29.8 Å². The SMILES string of the molecule is Cc1ccc(C[n+]2ccn(CCOC(=O)[C@](O)(c3ccccc3)[C@@H]3CCC(F)(F)C3)c2C)cc1. The summed E-state index contributed by atoms with van der Waals surface area (Å²) in [6.45, 7) is 5.18. The van der Waals surface area contributed by atoms with Crippen LogP contribution in [0.4, 0.5) is 8.78 Å². The summed E-state index contributed by atoms with van der Waals surface area (Å²) in [5.74, 6) is -3.67. The van der Waals surface area contributed by atoms with Gasteiger partial charge in [-0.05, 0) is 24.5 Å². The zero-order valence-electron chi connectivity index (χ0n) is 19.6. The molecule has 1 saturated carbocycles. The highest BCUT2D eigenvalue weighted by atomic mass is 19.3. The normalized spacial score (nSPS) is 19.0. The fraction of sp³-hybridized carbons (Fsp3) is 0.407. The molecule has 2 atom stereocenters. The first kappa shape index (κ1) is 24.1. The van der Waals surface area contributed by atoms with E-state index in [-0.39, 0.29) is 25.0 Å². The van der Waals surface area contributed by atoms with Gasteiger partial charge < -0.3 is 9.84 Å². The summed E-state index contributed by atoms with van der Waals surface area (Å²) in [7, 11) is 0. The van der Waals surface area contributed by atoms with E-state index in [2.05, 4.69) is 35.8 Å². The molecule has 0 saturated heterocycles. The number of ether oxygens (including phenoxy) is 1. The van der Waals surface area contributed by atoms with Crippen molar-refractivity contribution in [2.75, 3.05) is 6.61 Å². The lowest BCUT2D eigenvalue weighted by atomic mass is 9.80. The number of hydrogen-bond donors (Lipinski definition) is 1. The van der Waals surface area contributed by atoms with Gasteiger partial charge in [0.2, 0.25) is 5.92 Å². The molecule has 0 aliphatic heterocycles. The maximum Gasteiger partial charge on any atom is 0.343 e. The molecule has 4 rings (SSSR count). The van der Waals surface area contributed by atoms with E-state index in [4.69, 9.17) is 4.74 Å². The van der Waals surface area contributed by atoms with Gasteiger partial charge >= 0.3 is 5.97 Å². The molecule has 0 amide bonds. The maximum atomic E-state index is 13.9. The van der Waals surface area contributed by atoms with Gasteiger partial charge in [0.25, 0.3) is 5.82 Å². The maximum absolute atomic E-state index is 13.9. The Kier molecular flexibility index (Phi) is 6.84. The molecule has 1 aliphatic carbocycles. The third kappa shape index (κ3) is 5.04. The highest BCUT2D eigenvalue weighted by Crippen LogP contribution is 2.47. The number of carbonyl (C=O) groups excluding carboxylic acids is 1. The van der Waals surface area contributed by atoms with Gasteiger partial charge in [-0.1, -0.05) is 60.2 Å². The molecule has 1 fully saturated rings. The minimum absolute atomic E-state index is 0.0249. The van der Waals surface area contributed by atoms with Crippen molar-refractivity contribution in [2.24, 2.45) is 5.92 Å². The first-order chi connectivity index (χ1) is 16.2. The quantitative estimate of drug-likeness (QED) is 0.395. The molecule has 0 radical (unpaired) electrons. The second-order valence-electron chi connectivity index (χ2n) is 9.22. The van der Waals surface area contributed by atoms with Crippen molar-refractivity contribution in [2.45, 2.75) is 57.7 Å². The Morgan fingerprint density at radius 1 is 1.18 bits per heavy atom. The van der Waals surface area contributed by atoms with E-state index in [0.29, 0.717) is 6.54 Å². The lowest BCUT2D eigenvalue weighted by Gasteiger charge is -2.32. The molecule has 5 nitrogen and oxygen atoms in total. The second kappa shape index (κ2) is 9.66. The molecule has 2 aromatic carbocycles. The van der Waals surface area contributed by atoms with Crippen LogP contribution < -0.4 is 4.57 Å². The number of nitrogens with zero attached hydrogens (tertiary/aromatic N) is 2. The molecule has 0 unspecified atom stereocenters. The predicted molar refractivity (Wildman–Crippen MR) is 123 cm³/mol. The summed E-state index contributed by atoms with van der Waals surface area (Å²) in [5, 5.41) is 11.4. The van der Waals surface area contributed by atoms with E-state index in [1.54, 1.807) is 30.3 Å². The summed E-state index contributed by atoms with van der Waals surface area (Å²) >= 11 is 0. The molecule has 1 heterocycles. The minimum Gasteiger partial charge on any atom is -0.459 e. The molecular weight excluding hydrogens is 438 g/mol. The van der Waals surface area contributed by atoms with Crippen LogP contribution in [0.25, 0.3) is 0 Å². The summed E-state index contributed by atoms with van der Waals surface area (Å²) in [5.41, 5.74) is 0.583. The number of imidazole rings is 1. The van der Waals surface area contributed by atoms with E-state index in [1.165, 1.54) is 11.1 Å². The molecule has 34 heavy (non-hydrogen) atoms. The topological polar surface area (TPSA) is 55.3 Å². The van der Waals surface area contributed by atoms with Crippen molar-refractivity contribution in [3.05, 3.63) is 89.5 Å². The van der Waals surface area contributed by atoms with Crippen LogP contribution in [0, 0.1) is 19.8 Å². The van der Waals surface area contributed by atoms with Crippen molar-refractivity contribution in [1.29, 1.82) is 0 Å². The van der Waals surface area contributed by atoms with Gasteiger partial charge in [0.15, 0.2) is 5.60 Å². The highest BCUT2D eigenvalue weighted by molar-refractivity contribution is 5.81. The fourth-order valence-electron chi connectivity index (χ4n) is 4.70. The Labute approximate surface area is 198 Å². The van der Waals surface area contributed by atoms with Gasteiger partial charge in [0.05, 0.1) is 0 Å². The minimum atomic E-state index is -2.89. The third-order valence-electron chi connectivity index (χ3n) is 6.82. The zero-order chi connectivity index (χ0) is 24.3. The average molecular weight is 470 g/mol. The van der Waals surface area contributed by atoms with Crippen LogP contribution in [0.5, 0.6) is 0 Å². The van der Waals surface area contributed by atoms with E-state index >= 15 is 0 Å². The lowest BCUT2D eigenvalue weighted by molar-refractivity contribution is -0.694. The number of aromatic nitrogens is 2. The zero-order valence-corrected chi connectivity index (χ0v) is 19.6. The van der Waals surface area contributed by atoms with Crippen molar-refractivity contribution in [3.63, 3.8) is 0 Å². The monoisotopic (exact) mass is 469 g/mol. The van der Waals surface area contributed by atoms with Gasteiger partial charge in [0, 0.05) is 25.7 Å². The molecular formula is C27H31F2N2O3+. The number of carbonyl (C=O) groups is 1. The molecule has 0 spiro atoms. The number of aryl methyl sites for hydroxylation is 1. The highest BCUT2D eigenvalue weighted by Gasteiger charge is 2.54. The average Bonchev–Trinajstić information content (AvgIpc) is 3.37. The van der Waals surface area contributed by atoms with Gasteiger partial charge in [-0.2, -0.15) is 0 Å². The van der Waals surface area contributed by atoms with Crippen LogP contribution >= 0.6 is 0 Å². The summed E-state index contributed by atoms with van der Waals surface area (Å²) < 4.78 is 37.4. The standard InChI is InChI=1S/C27H31F2N2O3/c1-20-8-10-22(11-9-20)19-31-15-14-30(21(31)2)16-17-34-25(32)27(33,23-6-4-3-5-7-23)24-12-13-26(28,29)18-24/h3-11,14-15,24,33H,12-13,16-19H2,1-2H3/q+1/t24-,27+/m1/s1. The molecule has 7 heteroatoms. The van der Waals surface area contributed by atoms with E-state index in [9.17, 15) is 18.7 Å². The Balaban J connectivity index is 1.43. The summed E-state index contributed by atoms with van der Waals surface area (Å²) in [6.07, 6.45) is 3.06. The number of halogens is 2. The molecule has 1 N–H and O–H groups in total. The molecule has 1 aromatic heterocycles. The van der Waals surface area contributed by atoms with Gasteiger partial charge in [0.1, 0.15) is 32.1 Å². The third-order valence-corrected chi connectivity index (χ3v) is 6.82. The van der Waals surface area contributed by atoms with Crippen LogP contribution in [-0.2, 0) is 28.2 Å². The van der Waals surface area contributed by atoms with Crippen LogP contribution in [0.2, 0.25) is 0 Å². The molecule has 180 valence electrons. The number of benzene rings is 2. The van der Waals surface area contributed by atoms with E-state index in [1.807, 2.05) is 23.9 Å². The number of esters is 1. The predicted octanol–water partition coefficient (Wildman–Crippen LogP) is 4.31. The molecule has 1 aliphatic rings. The van der Waals surface area contributed by atoms with Crippen LogP contribution in [0.1, 0.15) is 41.8 Å².